The van der Waals surface area contributed by atoms with E-state index in [1.165, 1.54) is 4.90 Å². The maximum atomic E-state index is 12.7. The fraction of sp³-hybridized carbons (Fsp3) is 0.792. The van der Waals surface area contributed by atoms with Crippen LogP contribution in [0.25, 0.3) is 0 Å². The lowest BCUT2D eigenvalue weighted by molar-refractivity contribution is -0.144. The van der Waals surface area contributed by atoms with Crippen LogP contribution in [0.4, 0.5) is 0 Å². The summed E-state index contributed by atoms with van der Waals surface area (Å²) >= 11 is 0. The molecule has 2 aliphatic carbocycles. The number of hydrogen-bond donors (Lipinski definition) is 0. The first-order valence-corrected chi connectivity index (χ1v) is 11.5. The number of rotatable bonds is 13. The van der Waals surface area contributed by atoms with Gasteiger partial charge in [-0.05, 0) is 65.2 Å². The maximum Gasteiger partial charge on any atom is 0.233 e. The van der Waals surface area contributed by atoms with Crippen LogP contribution in [0.2, 0.25) is 0 Å². The van der Waals surface area contributed by atoms with Gasteiger partial charge in [-0.1, -0.05) is 18.6 Å². The molecular formula is C24H37NO5. The Kier molecular flexibility index (Phi) is 7.51. The first-order valence-electron chi connectivity index (χ1n) is 11.5. The Balaban J connectivity index is 1.33. The van der Waals surface area contributed by atoms with Crippen LogP contribution in [0, 0.1) is 23.7 Å². The van der Waals surface area contributed by atoms with Crippen molar-refractivity contribution in [2.75, 3.05) is 19.8 Å². The number of ketones is 1. The van der Waals surface area contributed by atoms with Crippen molar-refractivity contribution in [2.24, 2.45) is 23.7 Å². The predicted octanol–water partition coefficient (Wildman–Crippen LogP) is 3.53. The molecule has 0 radical (unpaired) electrons. The number of ether oxygens (including phenoxy) is 2. The third-order valence-electron chi connectivity index (χ3n) is 6.72. The van der Waals surface area contributed by atoms with Crippen molar-refractivity contribution in [3.8, 4) is 0 Å². The fourth-order valence-electron chi connectivity index (χ4n) is 5.00. The number of carbonyl (C=O) groups excluding carboxylic acids is 3. The molecule has 6 nitrogen and oxygen atoms in total. The van der Waals surface area contributed by atoms with Crippen LogP contribution in [-0.2, 0) is 23.9 Å². The van der Waals surface area contributed by atoms with Gasteiger partial charge in [0.1, 0.15) is 5.60 Å². The zero-order valence-corrected chi connectivity index (χ0v) is 18.9. The van der Waals surface area contributed by atoms with Crippen molar-refractivity contribution in [1.82, 2.24) is 4.90 Å². The molecule has 30 heavy (non-hydrogen) atoms. The highest BCUT2D eigenvalue weighted by atomic mass is 16.5. The van der Waals surface area contributed by atoms with Gasteiger partial charge in [0.25, 0.3) is 0 Å². The molecule has 6 heteroatoms. The Hall–Kier alpha value is -1.53. The number of allylic oxidation sites excluding steroid dienone is 2. The maximum absolute atomic E-state index is 12.7. The second-order valence-electron chi connectivity index (χ2n) is 9.69. The molecule has 1 heterocycles. The highest BCUT2D eigenvalue weighted by molar-refractivity contribution is 6.06. The molecule has 4 unspecified atom stereocenters. The zero-order valence-electron chi connectivity index (χ0n) is 18.9. The molecule has 1 saturated carbocycles. The Labute approximate surface area is 180 Å². The highest BCUT2D eigenvalue weighted by Gasteiger charge is 2.58. The van der Waals surface area contributed by atoms with E-state index >= 15 is 0 Å². The Morgan fingerprint density at radius 3 is 2.27 bits per heavy atom. The van der Waals surface area contributed by atoms with E-state index in [9.17, 15) is 14.4 Å². The highest BCUT2D eigenvalue weighted by Crippen LogP contribution is 2.52. The van der Waals surface area contributed by atoms with Crippen LogP contribution in [0.1, 0.15) is 66.2 Å². The van der Waals surface area contributed by atoms with Gasteiger partial charge in [0.05, 0.1) is 17.9 Å². The van der Waals surface area contributed by atoms with Crippen LogP contribution >= 0.6 is 0 Å². The minimum atomic E-state index is -0.840. The summed E-state index contributed by atoms with van der Waals surface area (Å²) in [6, 6.07) is 0. The standard InChI is InChI=1S/C24H37NO5/c1-16(2)29-13-7-5-6-9-19(26)24(3,4)30-14-8-12-25-22(27)20-17-10-11-18(15-17)21(20)23(25)28/h10-11,16-18,20-21H,5-9,12-15H2,1-4H3. The monoisotopic (exact) mass is 419 g/mol. The molecule has 2 fully saturated rings. The van der Waals surface area contributed by atoms with Gasteiger partial charge in [0.15, 0.2) is 5.78 Å². The van der Waals surface area contributed by atoms with Gasteiger partial charge >= 0.3 is 0 Å². The smallest absolute Gasteiger partial charge is 0.233 e. The summed E-state index contributed by atoms with van der Waals surface area (Å²) in [6.45, 7) is 9.12. The number of fused-ring (bicyclic) bond motifs is 5. The Bertz CT molecular complexity index is 653. The van der Waals surface area contributed by atoms with Crippen LogP contribution in [0.15, 0.2) is 12.2 Å². The minimum Gasteiger partial charge on any atom is -0.379 e. The molecule has 2 bridgehead atoms. The first-order chi connectivity index (χ1) is 14.2. The van der Waals surface area contributed by atoms with E-state index in [0.717, 1.165) is 32.3 Å². The number of hydrogen-bond acceptors (Lipinski definition) is 5. The summed E-state index contributed by atoms with van der Waals surface area (Å²) in [5.41, 5.74) is -0.840. The van der Waals surface area contributed by atoms with Crippen LogP contribution in [0.5, 0.6) is 0 Å². The molecule has 3 aliphatic rings. The van der Waals surface area contributed by atoms with Crippen molar-refractivity contribution in [1.29, 1.82) is 0 Å². The van der Waals surface area contributed by atoms with Crippen molar-refractivity contribution in [2.45, 2.75) is 77.9 Å². The Morgan fingerprint density at radius 2 is 1.67 bits per heavy atom. The lowest BCUT2D eigenvalue weighted by atomic mass is 9.85. The molecule has 0 spiro atoms. The van der Waals surface area contributed by atoms with E-state index in [1.807, 2.05) is 13.8 Å². The third kappa shape index (κ3) is 5.02. The predicted molar refractivity (Wildman–Crippen MR) is 114 cm³/mol. The van der Waals surface area contributed by atoms with E-state index in [0.29, 0.717) is 26.0 Å². The molecular weight excluding hydrogens is 382 g/mol. The number of nitrogens with zero attached hydrogens (tertiary/aromatic N) is 1. The molecule has 3 rings (SSSR count). The second-order valence-corrected chi connectivity index (χ2v) is 9.69. The molecule has 1 aliphatic heterocycles. The van der Waals surface area contributed by atoms with Crippen molar-refractivity contribution in [3.05, 3.63) is 12.2 Å². The van der Waals surface area contributed by atoms with Gasteiger partial charge < -0.3 is 9.47 Å². The van der Waals surface area contributed by atoms with Gasteiger partial charge in [-0.3, -0.25) is 19.3 Å². The average molecular weight is 420 g/mol. The molecule has 2 amide bonds. The first kappa shape index (κ1) is 23.1. The lowest BCUT2D eigenvalue weighted by Crippen LogP contribution is -2.37. The summed E-state index contributed by atoms with van der Waals surface area (Å²) in [5.74, 6) is 0.266. The molecule has 0 aromatic rings. The molecule has 168 valence electrons. The molecule has 0 N–H and O–H groups in total. The molecule has 4 atom stereocenters. The fourth-order valence-corrected chi connectivity index (χ4v) is 5.00. The number of amides is 2. The van der Waals surface area contributed by atoms with Crippen molar-refractivity contribution in [3.63, 3.8) is 0 Å². The zero-order chi connectivity index (χ0) is 21.9. The number of unbranched alkanes of at least 4 members (excludes halogenated alkanes) is 2. The lowest BCUT2D eigenvalue weighted by Gasteiger charge is -2.25. The van der Waals surface area contributed by atoms with Gasteiger partial charge in [0, 0.05) is 26.2 Å². The molecule has 0 aromatic heterocycles. The summed E-state index contributed by atoms with van der Waals surface area (Å²) < 4.78 is 11.4. The van der Waals surface area contributed by atoms with E-state index < -0.39 is 5.60 Å². The van der Waals surface area contributed by atoms with Gasteiger partial charge in [-0.25, -0.2) is 0 Å². The summed E-state index contributed by atoms with van der Waals surface area (Å²) in [7, 11) is 0. The van der Waals surface area contributed by atoms with Crippen LogP contribution < -0.4 is 0 Å². The largest absolute Gasteiger partial charge is 0.379 e. The van der Waals surface area contributed by atoms with Gasteiger partial charge in [-0.2, -0.15) is 0 Å². The van der Waals surface area contributed by atoms with Gasteiger partial charge in [0.2, 0.25) is 11.8 Å². The van der Waals surface area contributed by atoms with E-state index in [1.54, 1.807) is 13.8 Å². The summed E-state index contributed by atoms with van der Waals surface area (Å²) in [5, 5.41) is 0. The topological polar surface area (TPSA) is 72.9 Å². The second kappa shape index (κ2) is 9.73. The minimum absolute atomic E-state index is 0.0152. The SMILES string of the molecule is CC(C)OCCCCCC(=O)C(C)(C)OCCCN1C(=O)C2C3C=CC(C3)C2C1=O. The number of carbonyl (C=O) groups is 3. The quantitative estimate of drug-likeness (QED) is 0.259. The summed E-state index contributed by atoms with van der Waals surface area (Å²) in [6.07, 6.45) is 9.23. The number of likely N-dealkylation sites (tertiary alicyclic amines) is 1. The molecule has 0 aromatic carbocycles. The number of Topliss-reactive ketones (excluding diaryl/α,β-unsaturated/α-hetero) is 1. The van der Waals surface area contributed by atoms with E-state index in [-0.39, 0.29) is 47.4 Å². The van der Waals surface area contributed by atoms with Crippen LogP contribution in [0.3, 0.4) is 0 Å². The van der Waals surface area contributed by atoms with Crippen LogP contribution in [-0.4, -0.2) is 54.0 Å². The van der Waals surface area contributed by atoms with Crippen molar-refractivity contribution >= 4 is 17.6 Å². The summed E-state index contributed by atoms with van der Waals surface area (Å²) in [4.78, 5) is 39.3. The third-order valence-corrected chi connectivity index (χ3v) is 6.72. The van der Waals surface area contributed by atoms with E-state index in [2.05, 4.69) is 12.2 Å². The average Bonchev–Trinajstić information content (AvgIpc) is 3.36. The van der Waals surface area contributed by atoms with E-state index in [4.69, 9.17) is 9.47 Å². The normalized spacial score (nSPS) is 27.6. The Morgan fingerprint density at radius 1 is 1.03 bits per heavy atom. The number of imide groups is 1. The van der Waals surface area contributed by atoms with Gasteiger partial charge in [-0.15, -0.1) is 0 Å². The van der Waals surface area contributed by atoms with Crippen molar-refractivity contribution < 1.29 is 23.9 Å². The molecule has 1 saturated heterocycles.